The van der Waals surface area contributed by atoms with Crippen LogP contribution in [0.3, 0.4) is 0 Å². The van der Waals surface area contributed by atoms with E-state index in [1.807, 2.05) is 30.3 Å². The van der Waals surface area contributed by atoms with Crippen LogP contribution in [0.15, 0.2) is 30.3 Å². The van der Waals surface area contributed by atoms with Crippen molar-refractivity contribution in [3.63, 3.8) is 0 Å². The van der Waals surface area contributed by atoms with Crippen molar-refractivity contribution in [2.24, 2.45) is 17.3 Å². The maximum absolute atomic E-state index is 13.0. The molecule has 1 heterocycles. The zero-order chi connectivity index (χ0) is 17.9. The number of amides is 1. The van der Waals surface area contributed by atoms with Gasteiger partial charge in [0.1, 0.15) is 5.69 Å². The fraction of sp³-hybridized carbons (Fsp3) is 0.524. The predicted octanol–water partition coefficient (Wildman–Crippen LogP) is 3.41. The van der Waals surface area contributed by atoms with Crippen LogP contribution < -0.4 is 5.32 Å². The number of aromatic nitrogens is 1. The van der Waals surface area contributed by atoms with Gasteiger partial charge in [-0.2, -0.15) is 0 Å². The van der Waals surface area contributed by atoms with Crippen LogP contribution in [0.1, 0.15) is 49.0 Å². The van der Waals surface area contributed by atoms with E-state index in [1.165, 1.54) is 13.5 Å². The highest BCUT2D eigenvalue weighted by Gasteiger charge is 2.61. The Morgan fingerprint density at radius 1 is 1.15 bits per heavy atom. The number of hydrogen-bond donors (Lipinski definition) is 2. The summed E-state index contributed by atoms with van der Waals surface area (Å²) < 4.78 is 5.15. The molecular weight excluding hydrogens is 328 g/mol. The van der Waals surface area contributed by atoms with Crippen molar-refractivity contribution in [3.8, 4) is 0 Å². The Morgan fingerprint density at radius 3 is 2.58 bits per heavy atom. The van der Waals surface area contributed by atoms with Gasteiger partial charge in [-0.1, -0.05) is 18.2 Å². The summed E-state index contributed by atoms with van der Waals surface area (Å²) in [7, 11) is 1.48. The Morgan fingerprint density at radius 2 is 1.88 bits per heavy atom. The first-order chi connectivity index (χ1) is 12.5. The van der Waals surface area contributed by atoms with Crippen LogP contribution in [0.25, 0.3) is 10.9 Å². The highest BCUT2D eigenvalue weighted by molar-refractivity contribution is 5.98. The lowest BCUT2D eigenvalue weighted by molar-refractivity contribution is -0.171. The Balaban J connectivity index is 1.44. The van der Waals surface area contributed by atoms with Crippen LogP contribution >= 0.6 is 0 Å². The maximum Gasteiger partial charge on any atom is 0.311 e. The van der Waals surface area contributed by atoms with Crippen molar-refractivity contribution in [2.45, 2.75) is 44.1 Å². The minimum atomic E-state index is -0.396. The normalized spacial score (nSPS) is 34.8. The lowest BCUT2D eigenvalue weighted by atomic mass is 9.47. The summed E-state index contributed by atoms with van der Waals surface area (Å²) in [6.45, 7) is 0. The van der Waals surface area contributed by atoms with Crippen molar-refractivity contribution in [1.82, 2.24) is 10.3 Å². The highest BCUT2D eigenvalue weighted by atomic mass is 16.5. The summed E-state index contributed by atoms with van der Waals surface area (Å²) in [6, 6.07) is 9.81. The molecule has 2 atom stereocenters. The molecule has 5 heteroatoms. The molecule has 0 unspecified atom stereocenters. The second-order valence-electron chi connectivity index (χ2n) is 8.74. The molecule has 2 aromatic rings. The number of ether oxygens (including phenoxy) is 1. The molecule has 26 heavy (non-hydrogen) atoms. The fourth-order valence-corrected chi connectivity index (χ4v) is 6.37. The first-order valence-electron chi connectivity index (χ1n) is 9.50. The molecule has 5 nitrogen and oxygen atoms in total. The van der Waals surface area contributed by atoms with E-state index in [-0.39, 0.29) is 17.4 Å². The third kappa shape index (κ3) is 2.29. The van der Waals surface area contributed by atoms with E-state index in [2.05, 4.69) is 10.3 Å². The van der Waals surface area contributed by atoms with Crippen LogP contribution in [0.4, 0.5) is 0 Å². The SMILES string of the molecule is COC(=O)C12C[C@H]3C[C@@H](CC(NC(=O)c4cc5ccccc5[nH]4)(C3)C1)C2. The second-order valence-corrected chi connectivity index (χ2v) is 8.74. The van der Waals surface area contributed by atoms with E-state index in [0.29, 0.717) is 24.0 Å². The molecule has 1 aromatic carbocycles. The average Bonchev–Trinajstić information content (AvgIpc) is 3.04. The number of para-hydroxylation sites is 1. The fourth-order valence-electron chi connectivity index (χ4n) is 6.37. The quantitative estimate of drug-likeness (QED) is 0.832. The van der Waals surface area contributed by atoms with Gasteiger partial charge in [0.05, 0.1) is 12.5 Å². The number of rotatable bonds is 3. The largest absolute Gasteiger partial charge is 0.469 e. The topological polar surface area (TPSA) is 71.2 Å². The van der Waals surface area contributed by atoms with Gasteiger partial charge in [0.2, 0.25) is 0 Å². The van der Waals surface area contributed by atoms with E-state index in [0.717, 1.165) is 36.6 Å². The van der Waals surface area contributed by atoms with Crippen LogP contribution in [-0.2, 0) is 9.53 Å². The molecule has 4 fully saturated rings. The molecule has 4 saturated carbocycles. The standard InChI is InChI=1S/C21H24N2O3/c1-26-19(25)20-8-13-6-14(9-20)11-21(10-13,12-20)23-18(24)17-7-15-4-2-3-5-16(15)22-17/h2-5,7,13-14,22H,6,8-12H2,1H3,(H,23,24)/t13-,14-,20?,21?/m1/s1. The number of nitrogens with one attached hydrogen (secondary N) is 2. The molecule has 0 saturated heterocycles. The molecule has 136 valence electrons. The summed E-state index contributed by atoms with van der Waals surface area (Å²) in [6.07, 6.45) is 5.69. The highest BCUT2D eigenvalue weighted by Crippen LogP contribution is 2.62. The summed E-state index contributed by atoms with van der Waals surface area (Å²) in [5.74, 6) is 0.871. The number of hydrogen-bond acceptors (Lipinski definition) is 3. The van der Waals surface area contributed by atoms with Crippen molar-refractivity contribution in [3.05, 3.63) is 36.0 Å². The van der Waals surface area contributed by atoms with Gasteiger partial charge >= 0.3 is 5.97 Å². The van der Waals surface area contributed by atoms with Gasteiger partial charge in [0.15, 0.2) is 0 Å². The van der Waals surface area contributed by atoms with E-state index in [4.69, 9.17) is 4.74 Å². The number of carbonyl (C=O) groups is 2. The summed E-state index contributed by atoms with van der Waals surface area (Å²) in [4.78, 5) is 28.7. The zero-order valence-electron chi connectivity index (χ0n) is 15.0. The number of aromatic amines is 1. The predicted molar refractivity (Wildman–Crippen MR) is 97.6 cm³/mol. The van der Waals surface area contributed by atoms with Crippen molar-refractivity contribution in [2.75, 3.05) is 7.11 Å². The Kier molecular flexibility index (Phi) is 3.27. The van der Waals surface area contributed by atoms with E-state index < -0.39 is 5.41 Å². The third-order valence-corrected chi connectivity index (χ3v) is 6.83. The number of H-pyrrole nitrogens is 1. The smallest absolute Gasteiger partial charge is 0.311 e. The number of benzene rings is 1. The van der Waals surface area contributed by atoms with Gasteiger partial charge in [0, 0.05) is 16.4 Å². The minimum absolute atomic E-state index is 0.0665. The van der Waals surface area contributed by atoms with E-state index in [1.54, 1.807) is 0 Å². The van der Waals surface area contributed by atoms with Gasteiger partial charge < -0.3 is 15.0 Å². The number of esters is 1. The van der Waals surface area contributed by atoms with Crippen molar-refractivity contribution >= 4 is 22.8 Å². The van der Waals surface area contributed by atoms with Gasteiger partial charge in [-0.15, -0.1) is 0 Å². The number of fused-ring (bicyclic) bond motifs is 1. The molecule has 0 radical (unpaired) electrons. The lowest BCUT2D eigenvalue weighted by Crippen LogP contribution is -2.64. The van der Waals surface area contributed by atoms with Crippen molar-refractivity contribution in [1.29, 1.82) is 0 Å². The number of methoxy groups -OCH3 is 1. The van der Waals surface area contributed by atoms with Gasteiger partial charge in [-0.3, -0.25) is 9.59 Å². The lowest BCUT2D eigenvalue weighted by Gasteiger charge is -2.60. The third-order valence-electron chi connectivity index (χ3n) is 6.83. The first kappa shape index (κ1) is 15.9. The van der Waals surface area contributed by atoms with Gasteiger partial charge in [-0.05, 0) is 62.5 Å². The monoisotopic (exact) mass is 352 g/mol. The van der Waals surface area contributed by atoms with Crippen LogP contribution in [0, 0.1) is 17.3 Å². The van der Waals surface area contributed by atoms with Crippen LogP contribution in [0.5, 0.6) is 0 Å². The second kappa shape index (κ2) is 5.35. The average molecular weight is 352 g/mol. The Labute approximate surface area is 152 Å². The molecule has 1 aromatic heterocycles. The molecule has 4 aliphatic rings. The molecular formula is C21H24N2O3. The van der Waals surface area contributed by atoms with Gasteiger partial charge in [0.25, 0.3) is 5.91 Å². The molecule has 4 aliphatic carbocycles. The summed E-state index contributed by atoms with van der Waals surface area (Å²) >= 11 is 0. The maximum atomic E-state index is 13.0. The Hall–Kier alpha value is -2.30. The van der Waals surface area contributed by atoms with Crippen molar-refractivity contribution < 1.29 is 14.3 Å². The van der Waals surface area contributed by atoms with E-state index in [9.17, 15) is 9.59 Å². The minimum Gasteiger partial charge on any atom is -0.469 e. The zero-order valence-corrected chi connectivity index (χ0v) is 15.0. The molecule has 2 N–H and O–H groups in total. The molecule has 0 spiro atoms. The van der Waals surface area contributed by atoms with Crippen LogP contribution in [0.2, 0.25) is 0 Å². The molecule has 6 rings (SSSR count). The number of carbonyl (C=O) groups excluding carboxylic acids is 2. The molecule has 0 aliphatic heterocycles. The van der Waals surface area contributed by atoms with E-state index >= 15 is 0 Å². The van der Waals surface area contributed by atoms with Gasteiger partial charge in [-0.25, -0.2) is 0 Å². The first-order valence-corrected chi connectivity index (χ1v) is 9.50. The molecule has 4 bridgehead atoms. The summed E-state index contributed by atoms with van der Waals surface area (Å²) in [5.41, 5.74) is 0.891. The molecule has 1 amide bonds. The van der Waals surface area contributed by atoms with Crippen LogP contribution in [-0.4, -0.2) is 29.5 Å². The summed E-state index contributed by atoms with van der Waals surface area (Å²) in [5, 5.41) is 4.36. The Bertz CT molecular complexity index is 853.